The lowest BCUT2D eigenvalue weighted by Gasteiger charge is -2.08. The van der Waals surface area contributed by atoms with Crippen LogP contribution in [0.2, 0.25) is 5.02 Å². The number of aryl methyl sites for hydroxylation is 1. The number of nitrogens with zero attached hydrogens (tertiary/aromatic N) is 1. The van der Waals surface area contributed by atoms with Crippen molar-refractivity contribution in [3.05, 3.63) is 57.1 Å². The summed E-state index contributed by atoms with van der Waals surface area (Å²) in [5, 5.41) is 10.9. The van der Waals surface area contributed by atoms with Gasteiger partial charge in [-0.15, -0.1) is 0 Å². The molecule has 0 aliphatic rings. The van der Waals surface area contributed by atoms with E-state index in [1.165, 1.54) is 19.1 Å². The van der Waals surface area contributed by atoms with Crippen LogP contribution in [0.4, 0.5) is 0 Å². The summed E-state index contributed by atoms with van der Waals surface area (Å²) in [6.07, 6.45) is 0. The summed E-state index contributed by atoms with van der Waals surface area (Å²) >= 11 is 5.94. The van der Waals surface area contributed by atoms with E-state index in [0.717, 1.165) is 0 Å². The van der Waals surface area contributed by atoms with Gasteiger partial charge in [-0.2, -0.15) is 0 Å². The Balaban J connectivity index is 2.38. The maximum atomic E-state index is 12.0. The molecule has 0 bridgehead atoms. The average molecular weight is 331 g/mol. The van der Waals surface area contributed by atoms with Crippen molar-refractivity contribution in [3.8, 4) is 17.0 Å². The number of aromatic hydroxyl groups is 1. The number of aromatic nitrogens is 1. The molecule has 2 aromatic heterocycles. The Hall–Kier alpha value is -2.86. The summed E-state index contributed by atoms with van der Waals surface area (Å²) in [5.74, 6) is -0.717. The highest BCUT2D eigenvalue weighted by molar-refractivity contribution is 6.31. The van der Waals surface area contributed by atoms with Crippen molar-refractivity contribution in [2.24, 2.45) is 5.73 Å². The first-order valence-corrected chi connectivity index (χ1v) is 6.99. The highest BCUT2D eigenvalue weighted by Crippen LogP contribution is 2.29. The molecular weight excluding hydrogens is 320 g/mol. The number of carbonyl (C=O) groups is 1. The van der Waals surface area contributed by atoms with Crippen LogP contribution in [0.3, 0.4) is 0 Å². The molecule has 23 heavy (non-hydrogen) atoms. The van der Waals surface area contributed by atoms with Gasteiger partial charge < -0.3 is 15.3 Å². The van der Waals surface area contributed by atoms with Crippen molar-refractivity contribution in [1.82, 2.24) is 4.98 Å². The Morgan fingerprint density at radius 3 is 2.70 bits per heavy atom. The van der Waals surface area contributed by atoms with E-state index in [-0.39, 0.29) is 28.3 Å². The van der Waals surface area contributed by atoms with Crippen molar-refractivity contribution in [2.45, 2.75) is 6.92 Å². The number of pyridine rings is 1. The second-order valence-electron chi connectivity index (χ2n) is 4.99. The van der Waals surface area contributed by atoms with Gasteiger partial charge >= 0.3 is 5.63 Å². The SMILES string of the molecule is Cc1cc(O)c(-c2cc(C(N)=O)c3cc(Cl)ccc3n2)c(=O)o1. The Bertz CT molecular complexity index is 1010. The quantitative estimate of drug-likeness (QED) is 0.751. The van der Waals surface area contributed by atoms with Crippen LogP contribution in [0.15, 0.2) is 39.5 Å². The van der Waals surface area contributed by atoms with Crippen molar-refractivity contribution >= 4 is 28.4 Å². The van der Waals surface area contributed by atoms with Crippen molar-refractivity contribution in [1.29, 1.82) is 0 Å². The van der Waals surface area contributed by atoms with Gasteiger partial charge in [0, 0.05) is 16.5 Å². The number of benzene rings is 1. The first kappa shape index (κ1) is 15.1. The molecule has 0 radical (unpaired) electrons. The van der Waals surface area contributed by atoms with Crippen LogP contribution in [0.25, 0.3) is 22.2 Å². The molecule has 0 aliphatic carbocycles. The molecule has 0 fully saturated rings. The molecule has 0 unspecified atom stereocenters. The number of rotatable bonds is 2. The van der Waals surface area contributed by atoms with Crippen LogP contribution in [-0.2, 0) is 0 Å². The molecule has 0 aliphatic heterocycles. The Kier molecular flexibility index (Phi) is 3.54. The molecule has 1 amide bonds. The van der Waals surface area contributed by atoms with Crippen molar-refractivity contribution < 1.29 is 14.3 Å². The Morgan fingerprint density at radius 2 is 2.04 bits per heavy atom. The first-order chi connectivity index (χ1) is 10.9. The molecule has 0 atom stereocenters. The number of nitrogens with two attached hydrogens (primary N) is 1. The summed E-state index contributed by atoms with van der Waals surface area (Å²) in [5.41, 5.74) is 5.18. The van der Waals surface area contributed by atoms with E-state index in [2.05, 4.69) is 4.98 Å². The fraction of sp³-hybridized carbons (Fsp3) is 0.0625. The van der Waals surface area contributed by atoms with Gasteiger partial charge in [0.25, 0.3) is 0 Å². The topological polar surface area (TPSA) is 106 Å². The lowest BCUT2D eigenvalue weighted by Crippen LogP contribution is -2.13. The average Bonchev–Trinajstić information content (AvgIpc) is 2.45. The lowest BCUT2D eigenvalue weighted by molar-refractivity contribution is 0.100. The van der Waals surface area contributed by atoms with Gasteiger partial charge in [-0.1, -0.05) is 11.6 Å². The molecule has 3 aromatic rings. The highest BCUT2D eigenvalue weighted by atomic mass is 35.5. The number of halogens is 1. The number of fused-ring (bicyclic) bond motifs is 1. The Morgan fingerprint density at radius 1 is 1.30 bits per heavy atom. The third-order valence-electron chi connectivity index (χ3n) is 3.35. The summed E-state index contributed by atoms with van der Waals surface area (Å²) in [6, 6.07) is 7.39. The second kappa shape index (κ2) is 5.40. The number of hydrogen-bond acceptors (Lipinski definition) is 5. The Labute approximate surface area is 135 Å². The highest BCUT2D eigenvalue weighted by Gasteiger charge is 2.18. The van der Waals surface area contributed by atoms with Crippen LogP contribution >= 0.6 is 11.6 Å². The van der Waals surface area contributed by atoms with Crippen LogP contribution in [0.5, 0.6) is 5.75 Å². The summed E-state index contributed by atoms with van der Waals surface area (Å²) in [6.45, 7) is 1.54. The van der Waals surface area contributed by atoms with Gasteiger partial charge in [0.05, 0.1) is 16.8 Å². The fourth-order valence-electron chi connectivity index (χ4n) is 2.36. The van der Waals surface area contributed by atoms with Gasteiger partial charge in [-0.3, -0.25) is 4.79 Å². The second-order valence-corrected chi connectivity index (χ2v) is 5.42. The molecule has 0 saturated heterocycles. The summed E-state index contributed by atoms with van der Waals surface area (Å²) in [4.78, 5) is 28.0. The van der Waals surface area contributed by atoms with E-state index >= 15 is 0 Å². The maximum absolute atomic E-state index is 12.0. The van der Waals surface area contributed by atoms with Crippen LogP contribution in [-0.4, -0.2) is 16.0 Å². The van der Waals surface area contributed by atoms with Crippen molar-refractivity contribution in [2.75, 3.05) is 0 Å². The smallest absolute Gasteiger partial charge is 0.349 e. The molecule has 116 valence electrons. The fourth-order valence-corrected chi connectivity index (χ4v) is 2.53. The lowest BCUT2D eigenvalue weighted by atomic mass is 10.0. The minimum Gasteiger partial charge on any atom is -0.507 e. The largest absolute Gasteiger partial charge is 0.507 e. The zero-order valence-corrected chi connectivity index (χ0v) is 12.7. The molecule has 0 saturated carbocycles. The van der Waals surface area contributed by atoms with E-state index in [0.29, 0.717) is 15.9 Å². The van der Waals surface area contributed by atoms with Crippen LogP contribution < -0.4 is 11.4 Å². The first-order valence-electron chi connectivity index (χ1n) is 6.61. The third-order valence-corrected chi connectivity index (χ3v) is 3.58. The molecule has 2 heterocycles. The van der Waals surface area contributed by atoms with Gasteiger partial charge in [0.2, 0.25) is 5.91 Å². The van der Waals surface area contributed by atoms with E-state index in [1.807, 2.05) is 0 Å². The molecule has 1 aromatic carbocycles. The van der Waals surface area contributed by atoms with Gasteiger partial charge in [-0.05, 0) is 31.2 Å². The van der Waals surface area contributed by atoms with E-state index in [1.54, 1.807) is 18.2 Å². The zero-order valence-electron chi connectivity index (χ0n) is 12.0. The zero-order chi connectivity index (χ0) is 16.7. The summed E-state index contributed by atoms with van der Waals surface area (Å²) in [7, 11) is 0. The monoisotopic (exact) mass is 330 g/mol. The molecular formula is C16H11ClN2O4. The van der Waals surface area contributed by atoms with Crippen LogP contribution in [0.1, 0.15) is 16.1 Å². The van der Waals surface area contributed by atoms with Crippen LogP contribution in [0, 0.1) is 6.92 Å². The minimum atomic E-state index is -0.751. The maximum Gasteiger partial charge on any atom is 0.349 e. The standard InChI is InChI=1S/C16H11ClN2O4/c1-7-4-13(20)14(16(22)23-7)12-6-10(15(18)21)9-5-8(17)2-3-11(9)19-12/h2-6,20H,1H3,(H2,18,21). The molecule has 0 spiro atoms. The van der Waals surface area contributed by atoms with Gasteiger partial charge in [-0.25, -0.2) is 9.78 Å². The molecule has 3 rings (SSSR count). The van der Waals surface area contributed by atoms with E-state index in [4.69, 9.17) is 21.8 Å². The number of primary amides is 1. The summed E-state index contributed by atoms with van der Waals surface area (Å²) < 4.78 is 4.98. The van der Waals surface area contributed by atoms with Crippen molar-refractivity contribution in [3.63, 3.8) is 0 Å². The predicted octanol–water partition coefficient (Wildman–Crippen LogP) is 2.62. The normalized spacial score (nSPS) is 10.9. The molecule has 3 N–H and O–H groups in total. The van der Waals surface area contributed by atoms with Gasteiger partial charge in [0.1, 0.15) is 17.1 Å². The third kappa shape index (κ3) is 2.64. The predicted molar refractivity (Wildman–Crippen MR) is 85.6 cm³/mol. The molecule has 6 nitrogen and oxygen atoms in total. The van der Waals surface area contributed by atoms with Gasteiger partial charge in [0.15, 0.2) is 0 Å². The number of hydrogen-bond donors (Lipinski definition) is 2. The minimum absolute atomic E-state index is 0.0971. The van der Waals surface area contributed by atoms with E-state index in [9.17, 15) is 14.7 Å². The number of carbonyl (C=O) groups excluding carboxylic acids is 1. The van der Waals surface area contributed by atoms with E-state index < -0.39 is 11.5 Å². The molecule has 7 heteroatoms. The number of amides is 1.